The standard InChI is InChI=1S/C16H18N4O/c1-19(2)16(21)12-6-7-15(18-9-12)20-10-13(11-20)14-5-3-4-8-17-14/h3-9,13H,10-11H2,1-2H3. The van der Waals surface area contributed by atoms with E-state index in [1.165, 1.54) is 0 Å². The van der Waals surface area contributed by atoms with Gasteiger partial charge in [-0.25, -0.2) is 4.98 Å². The fourth-order valence-corrected chi connectivity index (χ4v) is 2.43. The number of hydrogen-bond acceptors (Lipinski definition) is 4. The van der Waals surface area contributed by atoms with Crippen LogP contribution in [0.15, 0.2) is 42.7 Å². The molecular formula is C16H18N4O. The summed E-state index contributed by atoms with van der Waals surface area (Å²) in [4.78, 5) is 24.3. The SMILES string of the molecule is CN(C)C(=O)c1ccc(N2CC(c3ccccn3)C2)nc1. The van der Waals surface area contributed by atoms with Gasteiger partial charge in [0, 0.05) is 51.2 Å². The molecule has 1 aliphatic rings. The van der Waals surface area contributed by atoms with Gasteiger partial charge in [-0.2, -0.15) is 0 Å². The number of carbonyl (C=O) groups excluding carboxylic acids is 1. The van der Waals surface area contributed by atoms with Crippen molar-refractivity contribution in [2.45, 2.75) is 5.92 Å². The number of carbonyl (C=O) groups is 1. The molecule has 0 atom stereocenters. The van der Waals surface area contributed by atoms with E-state index < -0.39 is 0 Å². The number of nitrogens with zero attached hydrogens (tertiary/aromatic N) is 4. The third kappa shape index (κ3) is 2.72. The minimum absolute atomic E-state index is 0.0241. The van der Waals surface area contributed by atoms with E-state index in [-0.39, 0.29) is 5.91 Å². The van der Waals surface area contributed by atoms with Crippen LogP contribution in [0.5, 0.6) is 0 Å². The molecule has 0 bridgehead atoms. The molecule has 108 valence electrons. The Morgan fingerprint density at radius 1 is 1.19 bits per heavy atom. The summed E-state index contributed by atoms with van der Waals surface area (Å²) < 4.78 is 0. The summed E-state index contributed by atoms with van der Waals surface area (Å²) in [7, 11) is 3.48. The zero-order valence-corrected chi connectivity index (χ0v) is 12.2. The second-order valence-electron chi connectivity index (χ2n) is 5.46. The number of anilines is 1. The van der Waals surface area contributed by atoms with Crippen LogP contribution in [-0.2, 0) is 0 Å². The Balaban J connectivity index is 1.64. The lowest BCUT2D eigenvalue weighted by Gasteiger charge is -2.39. The lowest BCUT2D eigenvalue weighted by Crippen LogP contribution is -2.45. The molecule has 0 aliphatic carbocycles. The van der Waals surface area contributed by atoms with E-state index in [2.05, 4.69) is 20.9 Å². The normalized spacial score (nSPS) is 14.7. The first-order chi connectivity index (χ1) is 10.1. The van der Waals surface area contributed by atoms with Crippen molar-refractivity contribution in [3.8, 4) is 0 Å². The predicted molar refractivity (Wildman–Crippen MR) is 81.4 cm³/mol. The van der Waals surface area contributed by atoms with Gasteiger partial charge < -0.3 is 9.80 Å². The first kappa shape index (κ1) is 13.5. The average molecular weight is 282 g/mol. The van der Waals surface area contributed by atoms with E-state index in [0.717, 1.165) is 24.6 Å². The number of rotatable bonds is 3. The van der Waals surface area contributed by atoms with E-state index in [9.17, 15) is 4.79 Å². The van der Waals surface area contributed by atoms with Crippen molar-refractivity contribution in [2.75, 3.05) is 32.1 Å². The third-order valence-electron chi connectivity index (χ3n) is 3.71. The smallest absolute Gasteiger partial charge is 0.254 e. The Bertz CT molecular complexity index is 618. The van der Waals surface area contributed by atoms with Crippen LogP contribution in [0.25, 0.3) is 0 Å². The van der Waals surface area contributed by atoms with Crippen LogP contribution in [0.4, 0.5) is 5.82 Å². The molecule has 0 aromatic carbocycles. The van der Waals surface area contributed by atoms with Gasteiger partial charge in [-0.15, -0.1) is 0 Å². The molecule has 1 aliphatic heterocycles. The summed E-state index contributed by atoms with van der Waals surface area (Å²) in [5.41, 5.74) is 1.75. The highest BCUT2D eigenvalue weighted by atomic mass is 16.2. The highest BCUT2D eigenvalue weighted by Crippen LogP contribution is 2.29. The number of amides is 1. The maximum atomic E-state index is 11.8. The van der Waals surface area contributed by atoms with Crippen LogP contribution < -0.4 is 4.90 Å². The van der Waals surface area contributed by atoms with Crippen molar-refractivity contribution in [1.82, 2.24) is 14.9 Å². The first-order valence-electron chi connectivity index (χ1n) is 6.99. The van der Waals surface area contributed by atoms with Gasteiger partial charge in [-0.3, -0.25) is 9.78 Å². The van der Waals surface area contributed by atoms with Gasteiger partial charge in [0.05, 0.1) is 5.56 Å². The van der Waals surface area contributed by atoms with Gasteiger partial charge in [0.2, 0.25) is 0 Å². The topological polar surface area (TPSA) is 49.3 Å². The van der Waals surface area contributed by atoms with E-state index in [1.807, 2.05) is 30.5 Å². The first-order valence-corrected chi connectivity index (χ1v) is 6.99. The maximum absolute atomic E-state index is 11.8. The molecule has 0 saturated carbocycles. The molecule has 0 radical (unpaired) electrons. The minimum atomic E-state index is -0.0241. The second-order valence-corrected chi connectivity index (χ2v) is 5.46. The molecule has 0 unspecified atom stereocenters. The zero-order valence-electron chi connectivity index (χ0n) is 12.2. The number of pyridine rings is 2. The van der Waals surface area contributed by atoms with Crippen LogP contribution in [0.1, 0.15) is 22.0 Å². The second kappa shape index (κ2) is 5.52. The van der Waals surface area contributed by atoms with E-state index in [4.69, 9.17) is 0 Å². The lowest BCUT2D eigenvalue weighted by molar-refractivity contribution is 0.0827. The van der Waals surface area contributed by atoms with Crippen molar-refractivity contribution in [1.29, 1.82) is 0 Å². The molecule has 1 amide bonds. The molecule has 1 fully saturated rings. The zero-order chi connectivity index (χ0) is 14.8. The largest absolute Gasteiger partial charge is 0.355 e. The summed E-state index contributed by atoms with van der Waals surface area (Å²) in [6.45, 7) is 1.84. The fraction of sp³-hybridized carbons (Fsp3) is 0.312. The van der Waals surface area contributed by atoms with Gasteiger partial charge >= 0.3 is 0 Å². The maximum Gasteiger partial charge on any atom is 0.254 e. The van der Waals surface area contributed by atoms with Gasteiger partial charge in [0.15, 0.2) is 0 Å². The molecule has 2 aromatic heterocycles. The summed E-state index contributed by atoms with van der Waals surface area (Å²) in [5, 5.41) is 0. The highest BCUT2D eigenvalue weighted by molar-refractivity contribution is 5.93. The molecule has 21 heavy (non-hydrogen) atoms. The molecule has 3 heterocycles. The Hall–Kier alpha value is -2.43. The van der Waals surface area contributed by atoms with E-state index in [1.54, 1.807) is 25.2 Å². The molecule has 5 nitrogen and oxygen atoms in total. The monoisotopic (exact) mass is 282 g/mol. The number of hydrogen-bond donors (Lipinski definition) is 0. The number of aromatic nitrogens is 2. The molecule has 3 rings (SSSR count). The molecule has 1 saturated heterocycles. The van der Waals surface area contributed by atoms with Crippen molar-refractivity contribution in [3.63, 3.8) is 0 Å². The van der Waals surface area contributed by atoms with Crippen LogP contribution in [0, 0.1) is 0 Å². The van der Waals surface area contributed by atoms with Gasteiger partial charge in [0.25, 0.3) is 5.91 Å². The van der Waals surface area contributed by atoms with E-state index >= 15 is 0 Å². The molecule has 5 heteroatoms. The van der Waals surface area contributed by atoms with Gasteiger partial charge in [0.1, 0.15) is 5.82 Å². The molecule has 0 N–H and O–H groups in total. The molecular weight excluding hydrogens is 264 g/mol. The van der Waals surface area contributed by atoms with Crippen LogP contribution in [0.2, 0.25) is 0 Å². The van der Waals surface area contributed by atoms with Crippen molar-refractivity contribution >= 4 is 11.7 Å². The quantitative estimate of drug-likeness (QED) is 0.861. The summed E-state index contributed by atoms with van der Waals surface area (Å²) in [6.07, 6.45) is 3.48. The van der Waals surface area contributed by atoms with Crippen molar-refractivity contribution in [2.24, 2.45) is 0 Å². The summed E-state index contributed by atoms with van der Waals surface area (Å²) in [6, 6.07) is 9.76. The molecule has 0 spiro atoms. The predicted octanol–water partition coefficient (Wildman–Crippen LogP) is 1.78. The minimum Gasteiger partial charge on any atom is -0.355 e. The average Bonchev–Trinajstić information content (AvgIpc) is 2.47. The third-order valence-corrected chi connectivity index (χ3v) is 3.71. The summed E-state index contributed by atoms with van der Waals surface area (Å²) in [5.74, 6) is 1.36. The summed E-state index contributed by atoms with van der Waals surface area (Å²) >= 11 is 0. The Morgan fingerprint density at radius 3 is 2.57 bits per heavy atom. The van der Waals surface area contributed by atoms with Crippen LogP contribution in [-0.4, -0.2) is 48.0 Å². The van der Waals surface area contributed by atoms with Crippen molar-refractivity contribution < 1.29 is 4.79 Å². The Labute approximate surface area is 124 Å². The van der Waals surface area contributed by atoms with Crippen molar-refractivity contribution in [3.05, 3.63) is 54.0 Å². The van der Waals surface area contributed by atoms with Gasteiger partial charge in [-0.05, 0) is 24.3 Å². The van der Waals surface area contributed by atoms with Crippen LogP contribution in [0.3, 0.4) is 0 Å². The van der Waals surface area contributed by atoms with Gasteiger partial charge in [-0.1, -0.05) is 6.07 Å². The highest BCUT2D eigenvalue weighted by Gasteiger charge is 2.29. The lowest BCUT2D eigenvalue weighted by atomic mass is 9.96. The Morgan fingerprint density at radius 2 is 2.00 bits per heavy atom. The Kier molecular flexibility index (Phi) is 3.56. The molecule has 2 aromatic rings. The van der Waals surface area contributed by atoms with E-state index in [0.29, 0.717) is 11.5 Å². The van der Waals surface area contributed by atoms with Crippen LogP contribution >= 0.6 is 0 Å². The fourth-order valence-electron chi connectivity index (χ4n) is 2.43.